The Morgan fingerprint density at radius 1 is 0.651 bits per heavy atom. The van der Waals surface area contributed by atoms with Crippen LogP contribution in [-0.4, -0.2) is 65.7 Å². The SMILES string of the molecule is C[Si](C)(C)OCCCC(=NC1CCCCC1C(F)(F)F)C(CCCO[Si](C)(C)C)=NC1CCCCC1C(F)(F)F.[Br][Ni][Br]. The zero-order chi connectivity index (χ0) is 32.9. The van der Waals surface area contributed by atoms with E-state index < -0.39 is 52.9 Å². The first-order valence-corrected chi connectivity index (χ1v) is 26.9. The second kappa shape index (κ2) is 19.5. The van der Waals surface area contributed by atoms with Gasteiger partial charge >= 0.3 is 51.7 Å². The molecule has 0 amide bonds. The molecule has 2 rings (SSSR count). The Morgan fingerprint density at radius 3 is 1.23 bits per heavy atom. The van der Waals surface area contributed by atoms with Gasteiger partial charge < -0.3 is 8.85 Å². The average Bonchev–Trinajstić information content (AvgIpc) is 2.86. The third kappa shape index (κ3) is 18.0. The molecular formula is C28H50Br2F6N2NiO2Si2. The minimum absolute atomic E-state index is 0.0268. The zero-order valence-electron chi connectivity index (χ0n) is 26.3. The van der Waals surface area contributed by atoms with Gasteiger partial charge in [0.2, 0.25) is 0 Å². The first-order valence-electron chi connectivity index (χ1n) is 15.2. The Morgan fingerprint density at radius 2 is 0.953 bits per heavy atom. The molecule has 15 heteroatoms. The molecule has 258 valence electrons. The van der Waals surface area contributed by atoms with E-state index in [1.165, 1.54) is 10.9 Å². The van der Waals surface area contributed by atoms with E-state index in [-0.39, 0.29) is 12.8 Å². The molecule has 0 aliphatic heterocycles. The molecule has 2 saturated carbocycles. The quantitative estimate of drug-likeness (QED) is 0.0803. The molecule has 0 spiro atoms. The summed E-state index contributed by atoms with van der Waals surface area (Å²) in [5.41, 5.74) is 0.861. The molecule has 0 heterocycles. The number of nitrogens with zero attached hydrogens (tertiary/aromatic N) is 2. The van der Waals surface area contributed by atoms with Crippen molar-refractivity contribution in [3.63, 3.8) is 0 Å². The predicted octanol–water partition coefficient (Wildman–Crippen LogP) is 11.1. The Balaban J connectivity index is 0.00000295. The molecule has 0 saturated heterocycles. The van der Waals surface area contributed by atoms with Crippen molar-refractivity contribution in [2.75, 3.05) is 13.2 Å². The van der Waals surface area contributed by atoms with Gasteiger partial charge in [0.15, 0.2) is 16.6 Å². The number of aliphatic imine (C=N–C) groups is 2. The molecule has 0 aromatic rings. The molecule has 2 aliphatic rings. The molecule has 0 aromatic carbocycles. The summed E-state index contributed by atoms with van der Waals surface area (Å²) in [4.78, 5) is 9.41. The minimum atomic E-state index is -4.37. The molecule has 2 aliphatic carbocycles. The summed E-state index contributed by atoms with van der Waals surface area (Å²) in [5, 5.41) is 0. The molecule has 4 atom stereocenters. The molecule has 4 nitrogen and oxygen atoms in total. The molecule has 0 bridgehead atoms. The molecular weight excluding hydrogens is 785 g/mol. The first kappa shape index (κ1) is 41.8. The molecule has 0 radical (unpaired) electrons. The first-order chi connectivity index (χ1) is 19.8. The standard InChI is InChI=1S/C28H50F6N2O2Si2.2BrH.Ni/c1-39(2,3)37-19-11-17-25(35-23-15-9-7-13-21(23)27(29,30)31)26(18-12-20-38-40(4,5)6)36-24-16-10-8-14-22(24)28(32,33)34;;;/h21-24H,7-20H2,1-6H3;2*1H;/q;;;+2/p-2. The second-order valence-corrected chi connectivity index (χ2v) is 27.3. The van der Waals surface area contributed by atoms with Gasteiger partial charge in [0.1, 0.15) is 0 Å². The molecule has 2 fully saturated rings. The van der Waals surface area contributed by atoms with Gasteiger partial charge in [-0.1, -0.05) is 25.7 Å². The summed E-state index contributed by atoms with van der Waals surface area (Å²) >= 11 is 6.00. The van der Waals surface area contributed by atoms with E-state index in [0.29, 0.717) is 88.8 Å². The number of alkyl halides is 6. The fourth-order valence-corrected chi connectivity index (χ4v) is 7.01. The van der Waals surface area contributed by atoms with E-state index in [0.717, 1.165) is 0 Å². The van der Waals surface area contributed by atoms with E-state index in [1.54, 1.807) is 0 Å². The summed E-state index contributed by atoms with van der Waals surface area (Å²) in [6, 6.07) is -1.87. The molecule has 0 N–H and O–H groups in total. The van der Waals surface area contributed by atoms with Crippen LogP contribution in [0.1, 0.15) is 77.0 Å². The van der Waals surface area contributed by atoms with Crippen molar-refractivity contribution in [2.24, 2.45) is 21.8 Å². The van der Waals surface area contributed by atoms with Gasteiger partial charge in [0.25, 0.3) is 0 Å². The van der Waals surface area contributed by atoms with Crippen LogP contribution in [0.2, 0.25) is 39.3 Å². The van der Waals surface area contributed by atoms with E-state index >= 15 is 0 Å². The average molecular weight is 835 g/mol. The van der Waals surface area contributed by atoms with Gasteiger partial charge in [0, 0.05) is 13.2 Å². The van der Waals surface area contributed by atoms with Crippen LogP contribution in [0.3, 0.4) is 0 Å². The van der Waals surface area contributed by atoms with Gasteiger partial charge in [-0.2, -0.15) is 26.3 Å². The maximum absolute atomic E-state index is 13.9. The fraction of sp³-hybridized carbons (Fsp3) is 0.929. The van der Waals surface area contributed by atoms with Crippen LogP contribution in [0, 0.1) is 11.8 Å². The topological polar surface area (TPSA) is 43.2 Å². The fourth-order valence-electron chi connectivity index (χ4n) is 5.50. The molecule has 4 unspecified atom stereocenters. The Hall–Kier alpha value is 0.727. The molecule has 43 heavy (non-hydrogen) atoms. The summed E-state index contributed by atoms with van der Waals surface area (Å²) in [6.45, 7) is 13.2. The van der Waals surface area contributed by atoms with Crippen LogP contribution < -0.4 is 0 Å². The van der Waals surface area contributed by atoms with Crippen LogP contribution in [0.15, 0.2) is 9.98 Å². The van der Waals surface area contributed by atoms with Crippen LogP contribution in [0.25, 0.3) is 0 Å². The van der Waals surface area contributed by atoms with Gasteiger partial charge in [-0.15, -0.1) is 0 Å². The van der Waals surface area contributed by atoms with Crippen molar-refractivity contribution in [3.8, 4) is 0 Å². The van der Waals surface area contributed by atoms with Gasteiger partial charge in [-0.05, 0) is 90.6 Å². The summed E-state index contributed by atoms with van der Waals surface area (Å²) < 4.78 is 95.6. The number of halogens is 8. The predicted molar refractivity (Wildman–Crippen MR) is 173 cm³/mol. The molecule has 0 aromatic heterocycles. The Labute approximate surface area is 277 Å². The van der Waals surface area contributed by atoms with Crippen LogP contribution in [0.4, 0.5) is 26.3 Å². The second-order valence-electron chi connectivity index (χ2n) is 13.3. The van der Waals surface area contributed by atoms with Crippen molar-refractivity contribution >= 4 is 56.5 Å². The van der Waals surface area contributed by atoms with Gasteiger partial charge in [0.05, 0.1) is 35.3 Å². The van der Waals surface area contributed by atoms with Crippen molar-refractivity contribution in [3.05, 3.63) is 0 Å². The normalized spacial score (nSPS) is 25.0. The van der Waals surface area contributed by atoms with E-state index in [1.807, 2.05) is 0 Å². The van der Waals surface area contributed by atoms with Gasteiger partial charge in [-0.25, -0.2) is 0 Å². The van der Waals surface area contributed by atoms with Crippen molar-refractivity contribution in [1.82, 2.24) is 0 Å². The third-order valence-corrected chi connectivity index (χ3v) is 9.60. The maximum atomic E-state index is 13.9. The summed E-state index contributed by atoms with van der Waals surface area (Å²) in [6.07, 6.45) is -4.00. The number of hydrogen-bond acceptors (Lipinski definition) is 4. The van der Waals surface area contributed by atoms with E-state index in [9.17, 15) is 26.3 Å². The van der Waals surface area contributed by atoms with Crippen LogP contribution in [0.5, 0.6) is 0 Å². The zero-order valence-corrected chi connectivity index (χ0v) is 32.4. The van der Waals surface area contributed by atoms with Crippen molar-refractivity contribution < 1.29 is 46.1 Å². The van der Waals surface area contributed by atoms with Crippen LogP contribution in [-0.2, 0) is 19.7 Å². The van der Waals surface area contributed by atoms with Crippen molar-refractivity contribution in [2.45, 2.75) is 141 Å². The number of rotatable bonds is 13. The summed E-state index contributed by atoms with van der Waals surface area (Å²) in [7, 11) is -2.35. The summed E-state index contributed by atoms with van der Waals surface area (Å²) in [5.74, 6) is -3.08. The Bertz CT molecular complexity index is 800. The van der Waals surface area contributed by atoms with Crippen molar-refractivity contribution in [1.29, 1.82) is 0 Å². The van der Waals surface area contributed by atoms with Gasteiger partial charge in [-0.3, -0.25) is 9.98 Å². The third-order valence-electron chi connectivity index (χ3n) is 7.46. The van der Waals surface area contributed by atoms with E-state index in [4.69, 9.17) is 18.8 Å². The van der Waals surface area contributed by atoms with Crippen LogP contribution >= 0.6 is 28.5 Å². The van der Waals surface area contributed by atoms with E-state index in [2.05, 4.69) is 67.7 Å². The monoisotopic (exact) mass is 832 g/mol. The Kier molecular flexibility index (Phi) is 19.0. The number of hydrogen-bond donors (Lipinski definition) is 0.